The van der Waals surface area contributed by atoms with Crippen molar-refractivity contribution in [1.29, 1.82) is 0 Å². The molecule has 0 spiro atoms. The van der Waals surface area contributed by atoms with E-state index < -0.39 is 18.0 Å². The minimum absolute atomic E-state index is 0.212. The lowest BCUT2D eigenvalue weighted by atomic mass is 9.95. The Balaban J connectivity index is 1.98. The predicted octanol–water partition coefficient (Wildman–Crippen LogP) is 5.61. The fourth-order valence-electron chi connectivity index (χ4n) is 2.82. The van der Waals surface area contributed by atoms with Crippen LogP contribution in [0.1, 0.15) is 18.5 Å². The SMILES string of the molecule is CCOC(=O)C1=C(CSc2cc(Cl)ccc2Cl)NC(=O)N[C@H]1c1ccc(Cl)cc1. The standard InChI is InChI=1S/C20H17Cl3N2O3S/c1-2-28-19(26)17-15(10-29-16-9-13(22)7-8-14(16)23)24-20(27)25-18(17)11-3-5-12(21)6-4-11/h3-9,18H,2,10H2,1H3,(H2,24,25,27)/t18-/m0/s1. The summed E-state index contributed by atoms with van der Waals surface area (Å²) < 4.78 is 5.25. The van der Waals surface area contributed by atoms with Crippen LogP contribution in [0.15, 0.2) is 58.6 Å². The maximum atomic E-state index is 12.7. The Morgan fingerprint density at radius 2 is 1.79 bits per heavy atom. The van der Waals surface area contributed by atoms with Crippen molar-refractivity contribution in [2.75, 3.05) is 12.4 Å². The van der Waals surface area contributed by atoms with Gasteiger partial charge in [0.25, 0.3) is 0 Å². The molecular formula is C20H17Cl3N2O3S. The van der Waals surface area contributed by atoms with Crippen molar-refractivity contribution < 1.29 is 14.3 Å². The Morgan fingerprint density at radius 3 is 2.48 bits per heavy atom. The van der Waals surface area contributed by atoms with Gasteiger partial charge in [-0.3, -0.25) is 0 Å². The van der Waals surface area contributed by atoms with Crippen LogP contribution in [0, 0.1) is 0 Å². The Kier molecular flexibility index (Phi) is 7.35. The average Bonchev–Trinajstić information content (AvgIpc) is 2.69. The summed E-state index contributed by atoms with van der Waals surface area (Å²) in [5.74, 6) is -0.209. The van der Waals surface area contributed by atoms with Crippen molar-refractivity contribution in [3.63, 3.8) is 0 Å². The molecule has 9 heteroatoms. The Hall–Kier alpha value is -1.86. The number of ether oxygens (including phenoxy) is 1. The third-order valence-corrected chi connectivity index (χ3v) is 6.13. The first kappa shape index (κ1) is 21.8. The molecule has 2 N–H and O–H groups in total. The number of benzene rings is 2. The van der Waals surface area contributed by atoms with Crippen LogP contribution < -0.4 is 10.6 Å². The van der Waals surface area contributed by atoms with Gasteiger partial charge in [-0.15, -0.1) is 11.8 Å². The number of carbonyl (C=O) groups excluding carboxylic acids is 2. The maximum Gasteiger partial charge on any atom is 0.338 e. The van der Waals surface area contributed by atoms with Gasteiger partial charge in [-0.1, -0.05) is 46.9 Å². The molecule has 0 aliphatic carbocycles. The normalized spacial score (nSPS) is 16.3. The van der Waals surface area contributed by atoms with Crippen molar-refractivity contribution in [2.45, 2.75) is 17.9 Å². The van der Waals surface area contributed by atoms with E-state index in [-0.39, 0.29) is 6.61 Å². The molecule has 0 radical (unpaired) electrons. The van der Waals surface area contributed by atoms with E-state index in [1.807, 2.05) is 0 Å². The second-order valence-electron chi connectivity index (χ2n) is 6.06. The van der Waals surface area contributed by atoms with Gasteiger partial charge in [0.05, 0.1) is 23.2 Å². The molecule has 0 unspecified atom stereocenters. The third kappa shape index (κ3) is 5.39. The van der Waals surface area contributed by atoms with Crippen LogP contribution in [0.5, 0.6) is 0 Å². The number of carbonyl (C=O) groups is 2. The molecule has 0 saturated carbocycles. The van der Waals surface area contributed by atoms with Crippen LogP contribution in [0.4, 0.5) is 4.79 Å². The Labute approximate surface area is 187 Å². The first-order chi connectivity index (χ1) is 13.9. The van der Waals surface area contributed by atoms with Crippen molar-refractivity contribution >= 4 is 58.6 Å². The van der Waals surface area contributed by atoms with Crippen molar-refractivity contribution in [1.82, 2.24) is 10.6 Å². The van der Waals surface area contributed by atoms with E-state index >= 15 is 0 Å². The highest BCUT2D eigenvalue weighted by Gasteiger charge is 2.33. The van der Waals surface area contributed by atoms with E-state index in [2.05, 4.69) is 10.6 Å². The highest BCUT2D eigenvalue weighted by Crippen LogP contribution is 2.34. The van der Waals surface area contributed by atoms with Gasteiger partial charge in [0, 0.05) is 26.4 Å². The highest BCUT2D eigenvalue weighted by molar-refractivity contribution is 7.99. The minimum atomic E-state index is -0.662. The van der Waals surface area contributed by atoms with E-state index in [1.54, 1.807) is 49.4 Å². The quantitative estimate of drug-likeness (QED) is 0.424. The van der Waals surface area contributed by atoms with E-state index in [9.17, 15) is 9.59 Å². The summed E-state index contributed by atoms with van der Waals surface area (Å²) in [4.78, 5) is 25.8. The van der Waals surface area contributed by atoms with Crippen LogP contribution in [0.3, 0.4) is 0 Å². The fraction of sp³-hybridized carbons (Fsp3) is 0.200. The molecule has 2 amide bonds. The lowest BCUT2D eigenvalue weighted by molar-refractivity contribution is -0.139. The second kappa shape index (κ2) is 9.76. The molecule has 1 aliphatic heterocycles. The smallest absolute Gasteiger partial charge is 0.338 e. The molecule has 5 nitrogen and oxygen atoms in total. The Morgan fingerprint density at radius 1 is 1.10 bits per heavy atom. The second-order valence-corrected chi connectivity index (χ2v) is 8.36. The van der Waals surface area contributed by atoms with Crippen LogP contribution in [0.25, 0.3) is 0 Å². The summed E-state index contributed by atoms with van der Waals surface area (Å²) in [7, 11) is 0. The predicted molar refractivity (Wildman–Crippen MR) is 117 cm³/mol. The molecule has 0 aromatic heterocycles. The summed E-state index contributed by atoms with van der Waals surface area (Å²) in [6.07, 6.45) is 0. The van der Waals surface area contributed by atoms with Gasteiger partial charge in [0.15, 0.2) is 0 Å². The lowest BCUT2D eigenvalue weighted by Gasteiger charge is -2.29. The van der Waals surface area contributed by atoms with Gasteiger partial charge in [0.2, 0.25) is 0 Å². The number of amides is 2. The number of esters is 1. The maximum absolute atomic E-state index is 12.7. The minimum Gasteiger partial charge on any atom is -0.463 e. The highest BCUT2D eigenvalue weighted by atomic mass is 35.5. The first-order valence-electron chi connectivity index (χ1n) is 8.70. The number of hydrogen-bond donors (Lipinski definition) is 2. The van der Waals surface area contributed by atoms with E-state index in [0.29, 0.717) is 32.1 Å². The van der Waals surface area contributed by atoms with Crippen LogP contribution in [0.2, 0.25) is 15.1 Å². The largest absolute Gasteiger partial charge is 0.463 e. The van der Waals surface area contributed by atoms with Gasteiger partial charge in [-0.05, 0) is 42.8 Å². The first-order valence-corrected chi connectivity index (χ1v) is 10.8. The number of urea groups is 1. The fourth-order valence-corrected chi connectivity index (χ4v) is 4.41. The molecule has 2 aromatic carbocycles. The molecular weight excluding hydrogens is 455 g/mol. The molecule has 1 atom stereocenters. The van der Waals surface area contributed by atoms with Gasteiger partial charge < -0.3 is 15.4 Å². The van der Waals surface area contributed by atoms with E-state index in [4.69, 9.17) is 39.5 Å². The molecule has 2 aromatic rings. The molecule has 1 aliphatic rings. The zero-order valence-electron chi connectivity index (χ0n) is 15.3. The zero-order valence-corrected chi connectivity index (χ0v) is 18.4. The van der Waals surface area contributed by atoms with Crippen LogP contribution >= 0.6 is 46.6 Å². The number of hydrogen-bond acceptors (Lipinski definition) is 4. The molecule has 0 saturated heterocycles. The monoisotopic (exact) mass is 470 g/mol. The molecule has 0 bridgehead atoms. The van der Waals surface area contributed by atoms with E-state index in [1.165, 1.54) is 11.8 Å². The molecule has 152 valence electrons. The molecule has 29 heavy (non-hydrogen) atoms. The summed E-state index contributed by atoms with van der Waals surface area (Å²) in [5.41, 5.74) is 1.50. The van der Waals surface area contributed by atoms with Gasteiger partial charge in [-0.25, -0.2) is 9.59 Å². The van der Waals surface area contributed by atoms with Crippen molar-refractivity contribution in [3.05, 3.63) is 74.4 Å². The van der Waals surface area contributed by atoms with E-state index in [0.717, 1.165) is 10.5 Å². The average molecular weight is 472 g/mol. The number of thioether (sulfide) groups is 1. The topological polar surface area (TPSA) is 67.4 Å². The summed E-state index contributed by atoms with van der Waals surface area (Å²) >= 11 is 19.6. The van der Waals surface area contributed by atoms with Crippen LogP contribution in [-0.2, 0) is 9.53 Å². The van der Waals surface area contributed by atoms with Crippen molar-refractivity contribution in [2.24, 2.45) is 0 Å². The summed E-state index contributed by atoms with van der Waals surface area (Å²) in [6, 6.07) is 11.0. The van der Waals surface area contributed by atoms with Gasteiger partial charge in [-0.2, -0.15) is 0 Å². The van der Waals surface area contributed by atoms with Crippen LogP contribution in [-0.4, -0.2) is 24.4 Å². The molecule has 1 heterocycles. The third-order valence-electron chi connectivity index (χ3n) is 4.12. The van der Waals surface area contributed by atoms with Gasteiger partial charge in [0.1, 0.15) is 0 Å². The summed E-state index contributed by atoms with van der Waals surface area (Å²) in [6.45, 7) is 1.94. The number of rotatable bonds is 6. The number of halogens is 3. The van der Waals surface area contributed by atoms with Gasteiger partial charge >= 0.3 is 12.0 Å². The lowest BCUT2D eigenvalue weighted by Crippen LogP contribution is -2.46. The molecule has 3 rings (SSSR count). The van der Waals surface area contributed by atoms with Crippen molar-refractivity contribution in [3.8, 4) is 0 Å². The zero-order chi connectivity index (χ0) is 21.0. The molecule has 0 fully saturated rings. The number of nitrogens with one attached hydrogen (secondary N) is 2. The summed E-state index contributed by atoms with van der Waals surface area (Å²) in [5, 5.41) is 7.15. The Bertz CT molecular complexity index is 964.